The molecule has 2 rings (SSSR count). The maximum absolute atomic E-state index is 11.0. The molecule has 0 aliphatic carbocycles. The van der Waals surface area contributed by atoms with Gasteiger partial charge >= 0.3 is 0 Å². The normalized spacial score (nSPS) is 17.4. The van der Waals surface area contributed by atoms with Crippen molar-refractivity contribution >= 4 is 40.8 Å². The predicted molar refractivity (Wildman–Crippen MR) is 87.6 cm³/mol. The molecule has 0 saturated carbocycles. The Morgan fingerprint density at radius 3 is 3.05 bits per heavy atom. The Morgan fingerprint density at radius 1 is 1.50 bits per heavy atom. The van der Waals surface area contributed by atoms with Crippen molar-refractivity contribution in [1.82, 2.24) is 5.32 Å². The minimum atomic E-state index is -0.0176. The number of hydrogen-bond acceptors (Lipinski definition) is 5. The molecule has 4 nitrogen and oxygen atoms in total. The summed E-state index contributed by atoms with van der Waals surface area (Å²) in [5, 5.41) is 11.2. The molecule has 1 aromatic rings. The number of benzene rings is 1. The number of amidine groups is 1. The highest BCUT2D eigenvalue weighted by Crippen LogP contribution is 2.21. The molecule has 20 heavy (non-hydrogen) atoms. The topological polar surface area (TPSA) is 53.8 Å². The Hall–Kier alpha value is -1.27. The van der Waals surface area contributed by atoms with Crippen LogP contribution in [0.3, 0.4) is 0 Å². The molecule has 0 atom stereocenters. The standard InChI is InChI=1S/C14H17N3OS2/c1-10(2)8-19-12-5-3-4-11(6-12)7-15-17-14-16-13(18)9-20-14/h3-7,10H,8-9H2,1-2H3,(H,16,17,18). The zero-order chi connectivity index (χ0) is 14.4. The Morgan fingerprint density at radius 2 is 2.35 bits per heavy atom. The van der Waals surface area contributed by atoms with E-state index in [9.17, 15) is 4.79 Å². The molecule has 0 bridgehead atoms. The smallest absolute Gasteiger partial charge is 0.236 e. The molecule has 1 amide bonds. The van der Waals surface area contributed by atoms with E-state index >= 15 is 0 Å². The van der Waals surface area contributed by atoms with Gasteiger partial charge in [-0.3, -0.25) is 4.79 Å². The Bertz CT molecular complexity index is 541. The summed E-state index contributed by atoms with van der Waals surface area (Å²) in [5.74, 6) is 2.18. The molecule has 0 radical (unpaired) electrons. The molecule has 1 aliphatic heterocycles. The fourth-order valence-corrected chi connectivity index (χ4v) is 3.03. The summed E-state index contributed by atoms with van der Waals surface area (Å²) < 4.78 is 0. The van der Waals surface area contributed by atoms with Crippen molar-refractivity contribution in [3.05, 3.63) is 29.8 Å². The third-order valence-electron chi connectivity index (χ3n) is 2.38. The van der Waals surface area contributed by atoms with Gasteiger partial charge < -0.3 is 5.32 Å². The summed E-state index contributed by atoms with van der Waals surface area (Å²) in [6.07, 6.45) is 1.71. The first kappa shape index (κ1) is 15.1. The minimum absolute atomic E-state index is 0.0176. The number of nitrogens with one attached hydrogen (secondary N) is 1. The highest BCUT2D eigenvalue weighted by Gasteiger charge is 2.15. The van der Waals surface area contributed by atoms with Gasteiger partial charge in [-0.25, -0.2) is 0 Å². The molecule has 1 aliphatic rings. The Kier molecular flexibility index (Phi) is 5.67. The summed E-state index contributed by atoms with van der Waals surface area (Å²) in [5.41, 5.74) is 1.01. The number of thioether (sulfide) groups is 2. The summed E-state index contributed by atoms with van der Waals surface area (Å²) in [6, 6.07) is 8.20. The van der Waals surface area contributed by atoms with Gasteiger partial charge in [-0.1, -0.05) is 37.7 Å². The van der Waals surface area contributed by atoms with Crippen LogP contribution in [0.2, 0.25) is 0 Å². The Balaban J connectivity index is 1.95. The molecule has 1 heterocycles. The van der Waals surface area contributed by atoms with Gasteiger partial charge in [0.05, 0.1) is 12.0 Å². The van der Waals surface area contributed by atoms with Gasteiger partial charge in [-0.15, -0.1) is 16.9 Å². The number of nitrogens with zero attached hydrogens (tertiary/aromatic N) is 2. The second-order valence-corrected chi connectivity index (χ2v) is 6.82. The average Bonchev–Trinajstić information content (AvgIpc) is 2.83. The molecule has 106 valence electrons. The molecule has 6 heteroatoms. The first-order valence-electron chi connectivity index (χ1n) is 6.40. The van der Waals surface area contributed by atoms with Crippen LogP contribution in [0.4, 0.5) is 0 Å². The lowest BCUT2D eigenvalue weighted by atomic mass is 10.2. The van der Waals surface area contributed by atoms with E-state index in [-0.39, 0.29) is 5.91 Å². The number of carbonyl (C=O) groups is 1. The Labute approximate surface area is 127 Å². The lowest BCUT2D eigenvalue weighted by Gasteiger charge is -2.04. The van der Waals surface area contributed by atoms with Crippen LogP contribution in [0, 0.1) is 5.92 Å². The van der Waals surface area contributed by atoms with Crippen molar-refractivity contribution in [2.75, 3.05) is 11.5 Å². The van der Waals surface area contributed by atoms with Crippen molar-refractivity contribution in [2.45, 2.75) is 18.7 Å². The van der Waals surface area contributed by atoms with E-state index in [0.29, 0.717) is 16.8 Å². The predicted octanol–water partition coefficient (Wildman–Crippen LogP) is 2.99. The highest BCUT2D eigenvalue weighted by molar-refractivity contribution is 8.15. The van der Waals surface area contributed by atoms with Crippen molar-refractivity contribution in [3.8, 4) is 0 Å². The van der Waals surface area contributed by atoms with Crippen LogP contribution < -0.4 is 5.32 Å². The van der Waals surface area contributed by atoms with E-state index < -0.39 is 0 Å². The molecule has 1 N–H and O–H groups in total. The molecule has 1 saturated heterocycles. The maximum atomic E-state index is 11.0. The molecule has 0 unspecified atom stereocenters. The molecular formula is C14H17N3OS2. The average molecular weight is 307 g/mol. The van der Waals surface area contributed by atoms with Crippen molar-refractivity contribution in [1.29, 1.82) is 0 Å². The van der Waals surface area contributed by atoms with Crippen LogP contribution in [0.1, 0.15) is 19.4 Å². The second kappa shape index (κ2) is 7.50. The van der Waals surface area contributed by atoms with Crippen molar-refractivity contribution < 1.29 is 4.79 Å². The minimum Gasteiger partial charge on any atom is -0.303 e. The van der Waals surface area contributed by atoms with Gasteiger partial charge in [-0.2, -0.15) is 5.10 Å². The molecular weight excluding hydrogens is 290 g/mol. The van der Waals surface area contributed by atoms with E-state index in [0.717, 1.165) is 11.3 Å². The molecule has 0 spiro atoms. The number of rotatable bonds is 5. The summed E-state index contributed by atoms with van der Waals surface area (Å²) in [6.45, 7) is 4.42. The fraction of sp³-hybridized carbons (Fsp3) is 0.357. The highest BCUT2D eigenvalue weighted by atomic mass is 32.2. The lowest BCUT2D eigenvalue weighted by Crippen LogP contribution is -2.19. The van der Waals surface area contributed by atoms with Crippen LogP contribution in [0.25, 0.3) is 0 Å². The summed E-state index contributed by atoms with van der Waals surface area (Å²) >= 11 is 3.21. The quantitative estimate of drug-likeness (QED) is 0.517. The van der Waals surface area contributed by atoms with Crippen LogP contribution in [0.15, 0.2) is 39.4 Å². The largest absolute Gasteiger partial charge is 0.303 e. The number of hydrogen-bond donors (Lipinski definition) is 1. The first-order valence-corrected chi connectivity index (χ1v) is 8.37. The lowest BCUT2D eigenvalue weighted by molar-refractivity contribution is -0.116. The number of amides is 1. The summed E-state index contributed by atoms with van der Waals surface area (Å²) in [4.78, 5) is 12.2. The SMILES string of the molecule is CC(C)CSc1cccc(C=NN=C2NC(=O)CS2)c1. The molecule has 1 aromatic carbocycles. The van der Waals surface area contributed by atoms with Gasteiger partial charge in [0.25, 0.3) is 0 Å². The van der Waals surface area contributed by atoms with Crippen molar-refractivity contribution in [3.63, 3.8) is 0 Å². The van der Waals surface area contributed by atoms with Crippen molar-refractivity contribution in [2.24, 2.45) is 16.1 Å². The van der Waals surface area contributed by atoms with Crippen LogP contribution >= 0.6 is 23.5 Å². The van der Waals surface area contributed by atoms with Gasteiger partial charge in [0.2, 0.25) is 5.91 Å². The zero-order valence-electron chi connectivity index (χ0n) is 11.5. The third-order valence-corrected chi connectivity index (χ3v) is 4.67. The maximum Gasteiger partial charge on any atom is 0.236 e. The van der Waals surface area contributed by atoms with Crippen LogP contribution in [0.5, 0.6) is 0 Å². The van der Waals surface area contributed by atoms with E-state index in [1.807, 2.05) is 23.9 Å². The third kappa shape index (κ3) is 5.02. The van der Waals surface area contributed by atoms with Gasteiger partial charge in [0.15, 0.2) is 5.17 Å². The second-order valence-electron chi connectivity index (χ2n) is 4.76. The van der Waals surface area contributed by atoms with Crippen LogP contribution in [-0.2, 0) is 4.79 Å². The number of carbonyl (C=O) groups excluding carboxylic acids is 1. The van der Waals surface area contributed by atoms with Gasteiger partial charge in [0, 0.05) is 10.6 Å². The van der Waals surface area contributed by atoms with Gasteiger partial charge in [0.1, 0.15) is 0 Å². The zero-order valence-corrected chi connectivity index (χ0v) is 13.1. The summed E-state index contributed by atoms with van der Waals surface area (Å²) in [7, 11) is 0. The first-order chi connectivity index (χ1) is 9.63. The molecule has 1 fully saturated rings. The molecule has 0 aromatic heterocycles. The van der Waals surface area contributed by atoms with Gasteiger partial charge in [-0.05, 0) is 23.6 Å². The monoisotopic (exact) mass is 307 g/mol. The van der Waals surface area contributed by atoms with E-state index in [2.05, 4.69) is 41.5 Å². The van der Waals surface area contributed by atoms with Crippen LogP contribution in [-0.4, -0.2) is 28.8 Å². The van der Waals surface area contributed by atoms with E-state index in [1.54, 1.807) is 6.21 Å². The fourth-order valence-electron chi connectivity index (χ4n) is 1.47. The van der Waals surface area contributed by atoms with E-state index in [4.69, 9.17) is 0 Å². The van der Waals surface area contributed by atoms with E-state index in [1.165, 1.54) is 16.7 Å².